The molecular formula is C24H20N8. The maximum absolute atomic E-state index is 4.90. The summed E-state index contributed by atoms with van der Waals surface area (Å²) in [6.45, 7) is 4.39. The van der Waals surface area contributed by atoms with Gasteiger partial charge in [-0.05, 0) is 35.7 Å². The monoisotopic (exact) mass is 420 g/mol. The maximum Gasteiger partial charge on any atom is 0.238 e. The van der Waals surface area contributed by atoms with Crippen LogP contribution in [0.2, 0.25) is 0 Å². The van der Waals surface area contributed by atoms with Gasteiger partial charge in [0.15, 0.2) is 0 Å². The maximum atomic E-state index is 4.90. The van der Waals surface area contributed by atoms with E-state index in [0.29, 0.717) is 23.5 Å². The van der Waals surface area contributed by atoms with Crippen LogP contribution in [-0.4, -0.2) is 38.6 Å². The summed E-state index contributed by atoms with van der Waals surface area (Å²) in [7, 11) is 0. The molecule has 0 bridgehead atoms. The minimum Gasteiger partial charge on any atom is -0.290 e. The Kier molecular flexibility index (Phi) is 4.10. The van der Waals surface area contributed by atoms with Crippen molar-refractivity contribution in [1.29, 1.82) is 0 Å². The Labute approximate surface area is 183 Å². The van der Waals surface area contributed by atoms with Gasteiger partial charge in [-0.1, -0.05) is 19.9 Å². The highest BCUT2D eigenvalue weighted by molar-refractivity contribution is 6.07. The summed E-state index contributed by atoms with van der Waals surface area (Å²) in [4.78, 5) is 22.8. The topological polar surface area (TPSA) is 79.2 Å². The largest absolute Gasteiger partial charge is 0.290 e. The molecule has 0 saturated heterocycles. The molecule has 8 heteroatoms. The van der Waals surface area contributed by atoms with Gasteiger partial charge in [0.1, 0.15) is 24.3 Å². The quantitative estimate of drug-likeness (QED) is 0.421. The lowest BCUT2D eigenvalue weighted by Gasteiger charge is -2.12. The SMILES string of the molecule is CC(C)c1ccc2c(c1)c1ncccc1n2-c1nc(-n2ccnc2)cc(-n2ccnc2)n1. The van der Waals surface area contributed by atoms with Crippen LogP contribution in [-0.2, 0) is 0 Å². The lowest BCUT2D eigenvalue weighted by atomic mass is 10.0. The Hall–Kier alpha value is -4.33. The smallest absolute Gasteiger partial charge is 0.238 e. The minimum absolute atomic E-state index is 0.426. The molecule has 0 unspecified atom stereocenters. The Bertz CT molecular complexity index is 1490. The number of rotatable bonds is 4. The number of hydrogen-bond acceptors (Lipinski definition) is 5. The molecule has 1 aromatic carbocycles. The molecule has 0 radical (unpaired) electrons. The number of pyridine rings is 1. The van der Waals surface area contributed by atoms with Crippen LogP contribution in [0.4, 0.5) is 0 Å². The third-order valence-corrected chi connectivity index (χ3v) is 5.64. The van der Waals surface area contributed by atoms with Gasteiger partial charge in [0.05, 0.1) is 16.6 Å². The number of fused-ring (bicyclic) bond motifs is 3. The molecule has 0 aliphatic carbocycles. The molecule has 0 N–H and O–H groups in total. The third-order valence-electron chi connectivity index (χ3n) is 5.64. The van der Waals surface area contributed by atoms with Gasteiger partial charge in [-0.2, -0.15) is 9.97 Å². The van der Waals surface area contributed by atoms with Crippen LogP contribution < -0.4 is 0 Å². The highest BCUT2D eigenvalue weighted by atomic mass is 15.2. The highest BCUT2D eigenvalue weighted by Gasteiger charge is 2.18. The number of imidazole rings is 2. The third kappa shape index (κ3) is 2.88. The minimum atomic E-state index is 0.426. The fraction of sp³-hybridized carbons (Fsp3) is 0.125. The van der Waals surface area contributed by atoms with E-state index in [1.54, 1.807) is 25.0 Å². The van der Waals surface area contributed by atoms with E-state index >= 15 is 0 Å². The van der Waals surface area contributed by atoms with Crippen molar-refractivity contribution in [2.24, 2.45) is 0 Å². The Balaban J connectivity index is 1.68. The molecule has 5 aromatic heterocycles. The van der Waals surface area contributed by atoms with Gasteiger partial charge in [0.2, 0.25) is 5.95 Å². The van der Waals surface area contributed by atoms with Gasteiger partial charge in [0.25, 0.3) is 0 Å². The van der Waals surface area contributed by atoms with Gasteiger partial charge < -0.3 is 0 Å². The van der Waals surface area contributed by atoms with E-state index in [4.69, 9.17) is 15.0 Å². The van der Waals surface area contributed by atoms with Crippen LogP contribution in [0, 0.1) is 0 Å². The summed E-state index contributed by atoms with van der Waals surface area (Å²) >= 11 is 0. The second-order valence-electron chi connectivity index (χ2n) is 7.96. The molecule has 0 aliphatic heterocycles. The van der Waals surface area contributed by atoms with Crippen molar-refractivity contribution in [2.75, 3.05) is 0 Å². The van der Waals surface area contributed by atoms with Crippen LogP contribution in [0.25, 0.3) is 39.5 Å². The lowest BCUT2D eigenvalue weighted by Crippen LogP contribution is -2.08. The summed E-state index contributed by atoms with van der Waals surface area (Å²) in [5.41, 5.74) is 4.19. The predicted octanol–water partition coefficient (Wildman–Crippen LogP) is 4.46. The standard InChI is InChI=1S/C24H20N8/c1-16(2)17-5-6-19-18(12-17)23-20(4-3-7-27-23)32(19)24-28-21(30-10-8-25-14-30)13-22(29-24)31-11-9-26-15-31/h3-16H,1-2H3. The average molecular weight is 420 g/mol. The number of benzene rings is 1. The van der Waals surface area contributed by atoms with Crippen LogP contribution in [0.5, 0.6) is 0 Å². The molecule has 5 heterocycles. The summed E-state index contributed by atoms with van der Waals surface area (Å²) < 4.78 is 5.81. The van der Waals surface area contributed by atoms with Crippen LogP contribution >= 0.6 is 0 Å². The first-order valence-electron chi connectivity index (χ1n) is 10.4. The molecular weight excluding hydrogens is 400 g/mol. The van der Waals surface area contributed by atoms with E-state index in [1.807, 2.05) is 39.9 Å². The second kappa shape index (κ2) is 7.12. The van der Waals surface area contributed by atoms with Gasteiger partial charge in [0, 0.05) is 42.4 Å². The number of hydrogen-bond donors (Lipinski definition) is 0. The van der Waals surface area contributed by atoms with Crippen LogP contribution in [0.1, 0.15) is 25.3 Å². The zero-order valence-corrected chi connectivity index (χ0v) is 17.7. The van der Waals surface area contributed by atoms with E-state index in [0.717, 1.165) is 21.9 Å². The molecule has 0 atom stereocenters. The number of aromatic nitrogens is 8. The van der Waals surface area contributed by atoms with Gasteiger partial charge in [-0.25, -0.2) is 9.97 Å². The Morgan fingerprint density at radius 3 is 2.12 bits per heavy atom. The Morgan fingerprint density at radius 1 is 0.781 bits per heavy atom. The zero-order chi connectivity index (χ0) is 21.7. The fourth-order valence-corrected chi connectivity index (χ4v) is 3.99. The summed E-state index contributed by atoms with van der Waals surface area (Å²) in [6, 6.07) is 12.4. The summed E-state index contributed by atoms with van der Waals surface area (Å²) in [6.07, 6.45) is 12.5. The molecule has 0 saturated carbocycles. The highest BCUT2D eigenvalue weighted by Crippen LogP contribution is 2.32. The first-order valence-corrected chi connectivity index (χ1v) is 10.4. The van der Waals surface area contributed by atoms with E-state index in [1.165, 1.54) is 5.56 Å². The summed E-state index contributed by atoms with van der Waals surface area (Å²) in [5, 5.41) is 1.09. The van der Waals surface area contributed by atoms with Crippen molar-refractivity contribution >= 4 is 21.9 Å². The fourth-order valence-electron chi connectivity index (χ4n) is 3.99. The predicted molar refractivity (Wildman–Crippen MR) is 122 cm³/mol. The first kappa shape index (κ1) is 18.4. The average Bonchev–Trinajstić information content (AvgIpc) is 3.59. The van der Waals surface area contributed by atoms with E-state index in [9.17, 15) is 0 Å². The van der Waals surface area contributed by atoms with Crippen molar-refractivity contribution < 1.29 is 0 Å². The molecule has 32 heavy (non-hydrogen) atoms. The Morgan fingerprint density at radius 2 is 1.50 bits per heavy atom. The molecule has 8 nitrogen and oxygen atoms in total. The molecule has 0 amide bonds. The second-order valence-corrected chi connectivity index (χ2v) is 7.96. The van der Waals surface area contributed by atoms with Crippen molar-refractivity contribution in [1.82, 2.24) is 38.6 Å². The number of nitrogens with zero attached hydrogens (tertiary/aromatic N) is 8. The normalized spacial score (nSPS) is 11.7. The lowest BCUT2D eigenvalue weighted by molar-refractivity contribution is 0.867. The van der Waals surface area contributed by atoms with E-state index in [-0.39, 0.29) is 0 Å². The summed E-state index contributed by atoms with van der Waals surface area (Å²) in [5.74, 6) is 2.42. The molecule has 6 aromatic rings. The molecule has 0 fully saturated rings. The van der Waals surface area contributed by atoms with Gasteiger partial charge in [-0.15, -0.1) is 0 Å². The first-order chi connectivity index (χ1) is 15.7. The molecule has 0 spiro atoms. The van der Waals surface area contributed by atoms with Gasteiger partial charge >= 0.3 is 0 Å². The molecule has 0 aliphatic rings. The van der Waals surface area contributed by atoms with Crippen molar-refractivity contribution in [2.45, 2.75) is 19.8 Å². The van der Waals surface area contributed by atoms with E-state index < -0.39 is 0 Å². The van der Waals surface area contributed by atoms with Crippen molar-refractivity contribution in [3.8, 4) is 17.6 Å². The molecule has 6 rings (SSSR count). The van der Waals surface area contributed by atoms with E-state index in [2.05, 4.69) is 52.6 Å². The van der Waals surface area contributed by atoms with Crippen LogP contribution in [0.3, 0.4) is 0 Å². The van der Waals surface area contributed by atoms with Crippen molar-refractivity contribution in [3.05, 3.63) is 85.6 Å². The zero-order valence-electron chi connectivity index (χ0n) is 17.7. The van der Waals surface area contributed by atoms with Crippen LogP contribution in [0.15, 0.2) is 80.0 Å². The van der Waals surface area contributed by atoms with Gasteiger partial charge in [-0.3, -0.25) is 18.7 Å². The van der Waals surface area contributed by atoms with Crippen molar-refractivity contribution in [3.63, 3.8) is 0 Å². The molecule has 156 valence electrons.